The van der Waals surface area contributed by atoms with E-state index < -0.39 is 10.0 Å². The minimum Gasteiger partial charge on any atom is -0.349 e. The third-order valence-corrected chi connectivity index (χ3v) is 4.99. The SMILES string of the molecule is CS(=O)(=O)NCCC(=O)NC1CCCc2nc(-c3ccccc3)ncc21. The van der Waals surface area contributed by atoms with Crippen molar-refractivity contribution in [1.29, 1.82) is 0 Å². The Morgan fingerprint density at radius 2 is 2.04 bits per heavy atom. The second-order valence-electron chi connectivity index (χ2n) is 6.39. The van der Waals surface area contributed by atoms with Gasteiger partial charge in [-0.3, -0.25) is 4.79 Å². The Balaban J connectivity index is 1.68. The van der Waals surface area contributed by atoms with Gasteiger partial charge in [0.05, 0.1) is 12.3 Å². The Bertz CT molecular complexity index is 885. The maximum absolute atomic E-state index is 12.1. The monoisotopic (exact) mass is 374 g/mol. The largest absolute Gasteiger partial charge is 0.349 e. The Morgan fingerprint density at radius 1 is 1.27 bits per heavy atom. The van der Waals surface area contributed by atoms with Gasteiger partial charge >= 0.3 is 0 Å². The summed E-state index contributed by atoms with van der Waals surface area (Å²) in [4.78, 5) is 21.3. The molecule has 0 fully saturated rings. The quantitative estimate of drug-likeness (QED) is 0.799. The molecule has 0 saturated heterocycles. The highest BCUT2D eigenvalue weighted by Crippen LogP contribution is 2.29. The van der Waals surface area contributed by atoms with E-state index in [9.17, 15) is 13.2 Å². The Labute approximate surface area is 153 Å². The number of hydrogen-bond acceptors (Lipinski definition) is 5. The second-order valence-corrected chi connectivity index (χ2v) is 8.22. The summed E-state index contributed by atoms with van der Waals surface area (Å²) in [6.45, 7) is 0.0910. The van der Waals surface area contributed by atoms with Crippen LogP contribution >= 0.6 is 0 Å². The maximum atomic E-state index is 12.1. The zero-order chi connectivity index (χ0) is 18.6. The first-order chi connectivity index (χ1) is 12.4. The van der Waals surface area contributed by atoms with Crippen molar-refractivity contribution >= 4 is 15.9 Å². The van der Waals surface area contributed by atoms with Gasteiger partial charge in [-0.15, -0.1) is 0 Å². The van der Waals surface area contributed by atoms with Crippen molar-refractivity contribution in [1.82, 2.24) is 20.0 Å². The summed E-state index contributed by atoms with van der Waals surface area (Å²) in [7, 11) is -3.28. The van der Waals surface area contributed by atoms with Gasteiger partial charge in [-0.25, -0.2) is 23.1 Å². The Morgan fingerprint density at radius 3 is 2.77 bits per heavy atom. The van der Waals surface area contributed by atoms with Crippen LogP contribution in [0.3, 0.4) is 0 Å². The normalized spacial score (nSPS) is 16.7. The van der Waals surface area contributed by atoms with Gasteiger partial charge in [0.2, 0.25) is 15.9 Å². The van der Waals surface area contributed by atoms with Crippen LogP contribution in [0.1, 0.15) is 36.6 Å². The first-order valence-electron chi connectivity index (χ1n) is 8.57. The third kappa shape index (κ3) is 4.86. The zero-order valence-corrected chi connectivity index (χ0v) is 15.4. The van der Waals surface area contributed by atoms with E-state index in [-0.39, 0.29) is 24.9 Å². The lowest BCUT2D eigenvalue weighted by molar-refractivity contribution is -0.121. The van der Waals surface area contributed by atoms with Crippen LogP contribution in [0.4, 0.5) is 0 Å². The van der Waals surface area contributed by atoms with Gasteiger partial charge in [0.15, 0.2) is 5.82 Å². The summed E-state index contributed by atoms with van der Waals surface area (Å²) < 4.78 is 24.4. The number of hydrogen-bond donors (Lipinski definition) is 2. The molecule has 1 aliphatic carbocycles. The molecule has 138 valence electrons. The Kier molecular flexibility index (Phi) is 5.63. The molecule has 1 atom stereocenters. The molecule has 1 heterocycles. The molecular weight excluding hydrogens is 352 g/mol. The van der Waals surface area contributed by atoms with Crippen molar-refractivity contribution in [3.05, 3.63) is 47.8 Å². The first-order valence-corrected chi connectivity index (χ1v) is 10.5. The van der Waals surface area contributed by atoms with Gasteiger partial charge < -0.3 is 5.32 Å². The van der Waals surface area contributed by atoms with Gasteiger partial charge in [0, 0.05) is 36.0 Å². The molecule has 0 bridgehead atoms. The number of carbonyl (C=O) groups is 1. The number of fused-ring (bicyclic) bond motifs is 1. The van der Waals surface area contributed by atoms with Crippen LogP contribution in [-0.4, -0.2) is 37.1 Å². The van der Waals surface area contributed by atoms with Crippen molar-refractivity contribution in [2.45, 2.75) is 31.7 Å². The molecule has 8 heteroatoms. The van der Waals surface area contributed by atoms with Crippen LogP contribution in [0, 0.1) is 0 Å². The van der Waals surface area contributed by atoms with Crippen LogP contribution in [0.25, 0.3) is 11.4 Å². The fraction of sp³-hybridized carbons (Fsp3) is 0.389. The van der Waals surface area contributed by atoms with E-state index in [1.54, 1.807) is 6.20 Å². The fourth-order valence-electron chi connectivity index (χ4n) is 3.04. The van der Waals surface area contributed by atoms with E-state index in [0.29, 0.717) is 5.82 Å². The summed E-state index contributed by atoms with van der Waals surface area (Å²) in [6, 6.07) is 9.66. The van der Waals surface area contributed by atoms with Crippen LogP contribution in [0.5, 0.6) is 0 Å². The van der Waals surface area contributed by atoms with Crippen LogP contribution in [0.15, 0.2) is 36.5 Å². The molecule has 0 radical (unpaired) electrons. The molecule has 0 spiro atoms. The number of benzene rings is 1. The number of amides is 1. The van der Waals surface area contributed by atoms with E-state index >= 15 is 0 Å². The standard InChI is InChI=1S/C18H22N4O3S/c1-26(24,25)20-11-10-17(23)21-15-8-5-9-16-14(15)12-19-18(22-16)13-6-3-2-4-7-13/h2-4,6-7,12,15,20H,5,8-11H2,1H3,(H,21,23). The second kappa shape index (κ2) is 7.92. The fourth-order valence-corrected chi connectivity index (χ4v) is 3.51. The molecule has 2 N–H and O–H groups in total. The van der Waals surface area contributed by atoms with Crippen LogP contribution in [0.2, 0.25) is 0 Å². The number of aryl methyl sites for hydroxylation is 1. The van der Waals surface area contributed by atoms with Gasteiger partial charge in [0.1, 0.15) is 0 Å². The van der Waals surface area contributed by atoms with E-state index in [2.05, 4.69) is 20.0 Å². The van der Waals surface area contributed by atoms with Gasteiger partial charge in [0.25, 0.3) is 0 Å². The molecule has 2 aromatic rings. The number of nitrogens with one attached hydrogen (secondary N) is 2. The van der Waals surface area contributed by atoms with E-state index in [0.717, 1.165) is 42.3 Å². The molecule has 1 unspecified atom stereocenters. The summed E-state index contributed by atoms with van der Waals surface area (Å²) in [5, 5.41) is 2.97. The Hall–Kier alpha value is -2.32. The van der Waals surface area contributed by atoms with Crippen molar-refractivity contribution in [3.8, 4) is 11.4 Å². The molecule has 0 saturated carbocycles. The van der Waals surface area contributed by atoms with Gasteiger partial charge in [-0.1, -0.05) is 30.3 Å². The molecule has 1 aromatic heterocycles. The lowest BCUT2D eigenvalue weighted by Crippen LogP contribution is -2.34. The van der Waals surface area contributed by atoms with Crippen molar-refractivity contribution in [2.24, 2.45) is 0 Å². The number of carbonyl (C=O) groups excluding carboxylic acids is 1. The van der Waals surface area contributed by atoms with Gasteiger partial charge in [-0.05, 0) is 19.3 Å². The summed E-state index contributed by atoms with van der Waals surface area (Å²) >= 11 is 0. The number of aromatic nitrogens is 2. The predicted molar refractivity (Wildman–Crippen MR) is 98.8 cm³/mol. The summed E-state index contributed by atoms with van der Waals surface area (Å²) in [5.41, 5.74) is 2.87. The predicted octanol–water partition coefficient (Wildman–Crippen LogP) is 1.58. The molecule has 3 rings (SSSR count). The topological polar surface area (TPSA) is 101 Å². The van der Waals surface area contributed by atoms with E-state index in [1.165, 1.54) is 0 Å². The molecule has 1 amide bonds. The maximum Gasteiger partial charge on any atom is 0.221 e. The van der Waals surface area contributed by atoms with Gasteiger partial charge in [-0.2, -0.15) is 0 Å². The van der Waals surface area contributed by atoms with E-state index in [4.69, 9.17) is 0 Å². The molecule has 1 aliphatic rings. The van der Waals surface area contributed by atoms with Crippen molar-refractivity contribution < 1.29 is 13.2 Å². The summed E-state index contributed by atoms with van der Waals surface area (Å²) in [5.74, 6) is 0.500. The molecule has 26 heavy (non-hydrogen) atoms. The van der Waals surface area contributed by atoms with Crippen molar-refractivity contribution in [2.75, 3.05) is 12.8 Å². The summed E-state index contributed by atoms with van der Waals surface area (Å²) in [6.07, 6.45) is 5.59. The smallest absolute Gasteiger partial charge is 0.221 e. The third-order valence-electron chi connectivity index (χ3n) is 4.27. The highest BCUT2D eigenvalue weighted by Gasteiger charge is 2.24. The average molecular weight is 374 g/mol. The molecular formula is C18H22N4O3S. The zero-order valence-electron chi connectivity index (χ0n) is 14.6. The number of rotatable bonds is 6. The van der Waals surface area contributed by atoms with Crippen LogP contribution in [-0.2, 0) is 21.2 Å². The van der Waals surface area contributed by atoms with E-state index in [1.807, 2.05) is 30.3 Å². The minimum atomic E-state index is -3.28. The first kappa shape index (κ1) is 18.5. The molecule has 7 nitrogen and oxygen atoms in total. The highest BCUT2D eigenvalue weighted by atomic mass is 32.2. The lowest BCUT2D eigenvalue weighted by atomic mass is 9.92. The number of nitrogens with zero attached hydrogens (tertiary/aromatic N) is 2. The minimum absolute atomic E-state index is 0.0910. The van der Waals surface area contributed by atoms with Crippen LogP contribution < -0.4 is 10.0 Å². The lowest BCUT2D eigenvalue weighted by Gasteiger charge is -2.25. The molecule has 0 aliphatic heterocycles. The highest BCUT2D eigenvalue weighted by molar-refractivity contribution is 7.88. The van der Waals surface area contributed by atoms with Crippen molar-refractivity contribution in [3.63, 3.8) is 0 Å². The number of sulfonamides is 1. The molecule has 1 aromatic carbocycles. The average Bonchev–Trinajstić information content (AvgIpc) is 2.61.